The number of rotatable bonds is 6. The summed E-state index contributed by atoms with van der Waals surface area (Å²) >= 11 is 0. The number of amides is 1. The van der Waals surface area contributed by atoms with E-state index < -0.39 is 11.2 Å². The Bertz CT molecular complexity index is 1110. The quantitative estimate of drug-likeness (QED) is 0.486. The number of aliphatic hydroxyl groups excluding tert-OH is 2. The van der Waals surface area contributed by atoms with Crippen molar-refractivity contribution in [3.8, 4) is 0 Å². The molecule has 0 saturated carbocycles. The number of nitrogens with zero attached hydrogens (tertiary/aromatic N) is 2. The zero-order valence-electron chi connectivity index (χ0n) is 21.4. The number of allylic oxidation sites excluding steroid dienone is 2. The van der Waals surface area contributed by atoms with Crippen LogP contribution in [0.15, 0.2) is 24.4 Å². The molecule has 1 amide bonds. The van der Waals surface area contributed by atoms with Crippen molar-refractivity contribution in [2.45, 2.75) is 83.8 Å². The molecular weight excluding hydrogens is 444 g/mol. The maximum atomic E-state index is 12.9. The third-order valence-corrected chi connectivity index (χ3v) is 7.30. The van der Waals surface area contributed by atoms with Crippen molar-refractivity contribution < 1.29 is 19.7 Å². The molecular formula is C27H38N4O4. The smallest absolute Gasteiger partial charge is 0.291 e. The highest BCUT2D eigenvalue weighted by molar-refractivity contribution is 6.03. The van der Waals surface area contributed by atoms with Gasteiger partial charge in [0, 0.05) is 23.5 Å². The van der Waals surface area contributed by atoms with Gasteiger partial charge < -0.3 is 25.3 Å². The molecule has 0 spiro atoms. The number of hydrogen-bond donors (Lipinski definition) is 4. The van der Waals surface area contributed by atoms with Crippen LogP contribution in [-0.2, 0) is 4.74 Å². The predicted octanol–water partition coefficient (Wildman–Crippen LogP) is 4.35. The van der Waals surface area contributed by atoms with E-state index in [1.165, 1.54) is 0 Å². The first kappa shape index (κ1) is 25.5. The van der Waals surface area contributed by atoms with Crippen molar-refractivity contribution in [2.24, 2.45) is 5.41 Å². The summed E-state index contributed by atoms with van der Waals surface area (Å²) in [5.74, 6) is -0.0505. The number of imidazole rings is 1. The number of aryl methyl sites for hydroxylation is 1. The summed E-state index contributed by atoms with van der Waals surface area (Å²) in [5, 5.41) is 23.0. The fourth-order valence-corrected chi connectivity index (χ4v) is 5.24. The molecule has 1 unspecified atom stereocenters. The molecule has 2 aromatic rings. The summed E-state index contributed by atoms with van der Waals surface area (Å²) in [6.07, 6.45) is 7.92. The zero-order chi connectivity index (χ0) is 25.4. The van der Waals surface area contributed by atoms with Crippen molar-refractivity contribution in [2.75, 3.05) is 18.5 Å². The van der Waals surface area contributed by atoms with Gasteiger partial charge in [-0.15, -0.1) is 0 Å². The topological polar surface area (TPSA) is 120 Å². The minimum absolute atomic E-state index is 0.00472. The van der Waals surface area contributed by atoms with Crippen molar-refractivity contribution in [1.82, 2.24) is 15.0 Å². The van der Waals surface area contributed by atoms with Gasteiger partial charge in [0.25, 0.3) is 5.91 Å². The van der Waals surface area contributed by atoms with Crippen LogP contribution in [0.4, 0.5) is 5.69 Å². The number of carbonyl (C=O) groups excluding carboxylic acids is 1. The minimum Gasteiger partial charge on any atom is -0.393 e. The zero-order valence-corrected chi connectivity index (χ0v) is 21.4. The van der Waals surface area contributed by atoms with Gasteiger partial charge in [0.15, 0.2) is 5.82 Å². The molecule has 8 nitrogen and oxygen atoms in total. The molecule has 35 heavy (non-hydrogen) atoms. The minimum atomic E-state index is -0.763. The lowest BCUT2D eigenvalue weighted by atomic mass is 9.77. The average molecular weight is 483 g/mol. The van der Waals surface area contributed by atoms with Crippen LogP contribution in [0.2, 0.25) is 0 Å². The van der Waals surface area contributed by atoms with Gasteiger partial charge >= 0.3 is 0 Å². The van der Waals surface area contributed by atoms with Crippen molar-refractivity contribution in [3.05, 3.63) is 47.3 Å². The van der Waals surface area contributed by atoms with Gasteiger partial charge in [-0.3, -0.25) is 9.78 Å². The summed E-state index contributed by atoms with van der Waals surface area (Å²) in [5.41, 5.74) is 2.96. The van der Waals surface area contributed by atoms with Crippen LogP contribution >= 0.6 is 0 Å². The second-order valence-electron chi connectivity index (χ2n) is 11.5. The molecule has 2 aromatic heterocycles. The number of nitrogens with one attached hydrogen (secondary N) is 2. The fourth-order valence-electron chi connectivity index (χ4n) is 5.24. The molecule has 0 radical (unpaired) electrons. The number of hydrogen-bond acceptors (Lipinski definition) is 6. The third-order valence-electron chi connectivity index (χ3n) is 7.30. The van der Waals surface area contributed by atoms with Crippen LogP contribution in [0, 0.1) is 12.3 Å². The molecule has 3 heterocycles. The molecule has 0 bridgehead atoms. The molecule has 3 atom stereocenters. The summed E-state index contributed by atoms with van der Waals surface area (Å²) in [4.78, 5) is 25.1. The number of pyridine rings is 1. The maximum Gasteiger partial charge on any atom is 0.291 e. The Labute approximate surface area is 207 Å². The first-order valence-electron chi connectivity index (χ1n) is 12.4. The van der Waals surface area contributed by atoms with Crippen molar-refractivity contribution >= 4 is 17.2 Å². The number of ether oxygens (including phenoxy) is 1. The Morgan fingerprint density at radius 2 is 1.86 bits per heavy atom. The van der Waals surface area contributed by atoms with Crippen LogP contribution in [0.5, 0.6) is 0 Å². The number of aromatic amines is 1. The van der Waals surface area contributed by atoms with E-state index in [4.69, 9.17) is 9.72 Å². The van der Waals surface area contributed by atoms with E-state index in [1.807, 2.05) is 32.9 Å². The second-order valence-corrected chi connectivity index (χ2v) is 11.5. The molecule has 190 valence electrons. The molecule has 1 fully saturated rings. The summed E-state index contributed by atoms with van der Waals surface area (Å²) in [7, 11) is 0. The van der Waals surface area contributed by atoms with Gasteiger partial charge in [-0.2, -0.15) is 0 Å². The Morgan fingerprint density at radius 1 is 1.17 bits per heavy atom. The van der Waals surface area contributed by atoms with E-state index in [1.54, 1.807) is 6.20 Å². The molecule has 0 aromatic carbocycles. The van der Waals surface area contributed by atoms with Crippen LogP contribution in [-0.4, -0.2) is 55.5 Å². The highest BCUT2D eigenvalue weighted by atomic mass is 16.5. The Balaban J connectivity index is 1.71. The first-order chi connectivity index (χ1) is 16.4. The van der Waals surface area contributed by atoms with E-state index in [2.05, 4.69) is 35.2 Å². The molecule has 1 aliphatic heterocycles. The van der Waals surface area contributed by atoms with Gasteiger partial charge in [0.2, 0.25) is 0 Å². The Hall–Kier alpha value is -2.55. The lowest BCUT2D eigenvalue weighted by Gasteiger charge is -2.47. The van der Waals surface area contributed by atoms with Crippen LogP contribution in [0.3, 0.4) is 0 Å². The molecule has 4 rings (SSSR count). The summed E-state index contributed by atoms with van der Waals surface area (Å²) < 4.78 is 6.10. The van der Waals surface area contributed by atoms with Gasteiger partial charge in [-0.05, 0) is 76.0 Å². The highest BCUT2D eigenvalue weighted by Crippen LogP contribution is 2.44. The highest BCUT2D eigenvalue weighted by Gasteiger charge is 2.45. The monoisotopic (exact) mass is 482 g/mol. The summed E-state index contributed by atoms with van der Waals surface area (Å²) in [6.45, 7) is 9.86. The molecule has 8 heteroatoms. The standard InChI is InChI=1S/C27H38N4O4/c1-17-14-28-23(29-17)24(34)31-21-7-6-20(30-22(21)18-8-10-25(2,3)11-9-18)19-12-26(4,15-32)35-27(5,13-19)16-33/h6-8,14,19,32-33H,9-13,15-16H2,1-5H3,(H,28,29)(H,31,34)/t19?,26-,27+. The number of carbonyl (C=O) groups is 1. The van der Waals surface area contributed by atoms with E-state index >= 15 is 0 Å². The van der Waals surface area contributed by atoms with Gasteiger partial charge in [-0.25, -0.2) is 4.98 Å². The Morgan fingerprint density at radius 3 is 2.40 bits per heavy atom. The number of anilines is 1. The van der Waals surface area contributed by atoms with Crippen LogP contribution in [0.1, 0.15) is 93.4 Å². The Kier molecular flexibility index (Phi) is 6.92. The lowest BCUT2D eigenvalue weighted by molar-refractivity contribution is -0.208. The average Bonchev–Trinajstić information content (AvgIpc) is 3.25. The molecule has 1 saturated heterocycles. The van der Waals surface area contributed by atoms with Crippen molar-refractivity contribution in [1.29, 1.82) is 0 Å². The van der Waals surface area contributed by atoms with Crippen LogP contribution < -0.4 is 5.32 Å². The van der Waals surface area contributed by atoms with Gasteiger partial charge in [0.1, 0.15) is 0 Å². The van der Waals surface area contributed by atoms with Gasteiger partial charge in [-0.1, -0.05) is 19.9 Å². The molecule has 1 aliphatic carbocycles. The van der Waals surface area contributed by atoms with E-state index in [9.17, 15) is 15.0 Å². The number of aliphatic hydroxyl groups is 2. The maximum absolute atomic E-state index is 12.9. The number of H-pyrrole nitrogens is 1. The molecule has 4 N–H and O–H groups in total. The lowest BCUT2D eigenvalue weighted by Crippen LogP contribution is -2.51. The third kappa shape index (κ3) is 5.66. The predicted molar refractivity (Wildman–Crippen MR) is 135 cm³/mol. The van der Waals surface area contributed by atoms with E-state index in [0.29, 0.717) is 18.5 Å². The van der Waals surface area contributed by atoms with Gasteiger partial charge in [0.05, 0.1) is 35.8 Å². The van der Waals surface area contributed by atoms with Crippen molar-refractivity contribution in [3.63, 3.8) is 0 Å². The summed E-state index contributed by atoms with van der Waals surface area (Å²) in [6, 6.07) is 3.85. The second kappa shape index (κ2) is 9.48. The van der Waals surface area contributed by atoms with E-state index in [0.717, 1.165) is 41.9 Å². The fraction of sp³-hybridized carbons (Fsp3) is 0.593. The van der Waals surface area contributed by atoms with Crippen LogP contribution in [0.25, 0.3) is 5.57 Å². The van der Waals surface area contributed by atoms with E-state index in [-0.39, 0.29) is 36.3 Å². The number of aromatic nitrogens is 3. The SMILES string of the molecule is Cc1cnc(C(=O)Nc2ccc(C3C[C@](C)(CO)O[C@](C)(CO)C3)nc2C2=CCC(C)(C)CC2)[nH]1. The first-order valence-corrected chi connectivity index (χ1v) is 12.4. The largest absolute Gasteiger partial charge is 0.393 e. The normalized spacial score (nSPS) is 28.4. The molecule has 2 aliphatic rings.